The van der Waals surface area contributed by atoms with Crippen LogP contribution in [-0.4, -0.2) is 0 Å². The van der Waals surface area contributed by atoms with Crippen LogP contribution in [0, 0.1) is 6.92 Å². The molecule has 0 bridgehead atoms. The van der Waals surface area contributed by atoms with Crippen LogP contribution in [0.2, 0.25) is 0 Å². The number of nitrogens with one attached hydrogen (secondary N) is 1. The molecule has 0 unspecified atom stereocenters. The molecule has 6 heteroatoms. The molecule has 106 valence electrons. The smallest absolute Gasteiger partial charge is 0.397 e. The number of anilines is 3. The van der Waals surface area contributed by atoms with Crippen molar-refractivity contribution in [1.29, 1.82) is 0 Å². The Morgan fingerprint density at radius 1 is 1.10 bits per heavy atom. The molecule has 0 aliphatic heterocycles. The third-order valence-electron chi connectivity index (χ3n) is 2.70. The number of halogens is 4. The van der Waals surface area contributed by atoms with Crippen LogP contribution in [-0.2, 0) is 6.18 Å². The van der Waals surface area contributed by atoms with Gasteiger partial charge in [0.2, 0.25) is 0 Å². The van der Waals surface area contributed by atoms with E-state index in [1.165, 1.54) is 6.07 Å². The Hall–Kier alpha value is -1.69. The summed E-state index contributed by atoms with van der Waals surface area (Å²) in [5.74, 6) is 0. The van der Waals surface area contributed by atoms with Crippen LogP contribution in [0.5, 0.6) is 0 Å². The summed E-state index contributed by atoms with van der Waals surface area (Å²) in [6, 6.07) is 8.89. The molecule has 2 nitrogen and oxygen atoms in total. The van der Waals surface area contributed by atoms with Gasteiger partial charge in [0, 0.05) is 10.2 Å². The first-order valence-electron chi connectivity index (χ1n) is 5.76. The first-order valence-corrected chi connectivity index (χ1v) is 6.56. The van der Waals surface area contributed by atoms with Gasteiger partial charge in [-0.3, -0.25) is 0 Å². The van der Waals surface area contributed by atoms with Gasteiger partial charge in [-0.15, -0.1) is 0 Å². The fraction of sp³-hybridized carbons (Fsp3) is 0.143. The second-order valence-corrected chi connectivity index (χ2v) is 5.36. The van der Waals surface area contributed by atoms with Crippen molar-refractivity contribution in [2.75, 3.05) is 11.1 Å². The second-order valence-electron chi connectivity index (χ2n) is 4.44. The van der Waals surface area contributed by atoms with Crippen LogP contribution in [0.4, 0.5) is 30.2 Å². The zero-order valence-electron chi connectivity index (χ0n) is 10.6. The summed E-state index contributed by atoms with van der Waals surface area (Å²) >= 11 is 3.36. The summed E-state index contributed by atoms with van der Waals surface area (Å²) in [6.07, 6.45) is -4.39. The fourth-order valence-electron chi connectivity index (χ4n) is 1.82. The van der Waals surface area contributed by atoms with Crippen molar-refractivity contribution < 1.29 is 13.2 Å². The Morgan fingerprint density at radius 3 is 2.35 bits per heavy atom. The Balaban J connectivity index is 2.30. The molecular formula is C14H12BrF3N2. The molecule has 0 heterocycles. The van der Waals surface area contributed by atoms with Gasteiger partial charge in [-0.2, -0.15) is 13.2 Å². The molecule has 0 aliphatic rings. The summed E-state index contributed by atoms with van der Waals surface area (Å²) in [5, 5.41) is 3.01. The number of hydrogen-bond donors (Lipinski definition) is 2. The molecule has 2 rings (SSSR count). The molecule has 0 aromatic heterocycles. The highest BCUT2D eigenvalue weighted by Gasteiger charge is 2.30. The minimum atomic E-state index is -4.39. The maximum Gasteiger partial charge on any atom is 0.416 e. The molecule has 2 aromatic carbocycles. The lowest BCUT2D eigenvalue weighted by atomic mass is 10.1. The normalized spacial score (nSPS) is 11.4. The van der Waals surface area contributed by atoms with E-state index in [1.807, 2.05) is 25.1 Å². The minimum Gasteiger partial charge on any atom is -0.397 e. The van der Waals surface area contributed by atoms with E-state index >= 15 is 0 Å². The Kier molecular flexibility index (Phi) is 3.94. The van der Waals surface area contributed by atoms with E-state index in [0.29, 0.717) is 5.69 Å². The van der Waals surface area contributed by atoms with Gasteiger partial charge in [-0.25, -0.2) is 0 Å². The maximum absolute atomic E-state index is 12.6. The average molecular weight is 345 g/mol. The monoisotopic (exact) mass is 344 g/mol. The van der Waals surface area contributed by atoms with Gasteiger partial charge in [-0.05, 0) is 48.9 Å². The van der Waals surface area contributed by atoms with E-state index in [0.717, 1.165) is 27.9 Å². The minimum absolute atomic E-state index is 0.0532. The summed E-state index contributed by atoms with van der Waals surface area (Å²) in [5.41, 5.74) is 7.18. The largest absolute Gasteiger partial charge is 0.416 e. The molecule has 0 spiro atoms. The molecule has 20 heavy (non-hydrogen) atoms. The third-order valence-corrected chi connectivity index (χ3v) is 3.16. The Bertz CT molecular complexity index is 619. The zero-order valence-corrected chi connectivity index (χ0v) is 12.1. The number of nitrogens with two attached hydrogens (primary N) is 1. The van der Waals surface area contributed by atoms with Crippen molar-refractivity contribution >= 4 is 33.0 Å². The predicted octanol–water partition coefficient (Wildman–Crippen LogP) is 5.10. The standard InChI is InChI=1S/C14H12BrF3N2/c1-8-4-10(15)7-11(5-8)20-13-3-2-9(6-12(13)19)14(16,17)18/h2-7,20H,19H2,1H3. The lowest BCUT2D eigenvalue weighted by Gasteiger charge is -2.13. The van der Waals surface area contributed by atoms with Crippen LogP contribution in [0.25, 0.3) is 0 Å². The first-order chi connectivity index (χ1) is 9.25. The molecular weight excluding hydrogens is 333 g/mol. The molecule has 0 atom stereocenters. The van der Waals surface area contributed by atoms with Crippen molar-refractivity contribution in [2.45, 2.75) is 13.1 Å². The van der Waals surface area contributed by atoms with E-state index in [9.17, 15) is 13.2 Å². The highest BCUT2D eigenvalue weighted by molar-refractivity contribution is 9.10. The summed E-state index contributed by atoms with van der Waals surface area (Å²) in [7, 11) is 0. The first kappa shape index (κ1) is 14.7. The van der Waals surface area contributed by atoms with Gasteiger partial charge >= 0.3 is 6.18 Å². The number of hydrogen-bond acceptors (Lipinski definition) is 2. The van der Waals surface area contributed by atoms with E-state index in [1.54, 1.807) is 0 Å². The molecule has 0 fully saturated rings. The van der Waals surface area contributed by atoms with Crippen LogP contribution in [0.1, 0.15) is 11.1 Å². The quantitative estimate of drug-likeness (QED) is 0.743. The van der Waals surface area contributed by atoms with Crippen molar-refractivity contribution in [3.63, 3.8) is 0 Å². The van der Waals surface area contributed by atoms with Gasteiger partial charge in [0.1, 0.15) is 0 Å². The molecule has 2 aromatic rings. The molecule has 0 aliphatic carbocycles. The highest BCUT2D eigenvalue weighted by atomic mass is 79.9. The molecule has 3 N–H and O–H groups in total. The van der Waals surface area contributed by atoms with Crippen LogP contribution < -0.4 is 11.1 Å². The van der Waals surface area contributed by atoms with Gasteiger partial charge < -0.3 is 11.1 Å². The van der Waals surface area contributed by atoms with Gasteiger partial charge in [0.15, 0.2) is 0 Å². The lowest BCUT2D eigenvalue weighted by molar-refractivity contribution is -0.137. The Labute approximate surface area is 122 Å². The SMILES string of the molecule is Cc1cc(Br)cc(Nc2ccc(C(F)(F)F)cc2N)c1. The van der Waals surface area contributed by atoms with Crippen LogP contribution in [0.15, 0.2) is 40.9 Å². The second kappa shape index (κ2) is 5.36. The number of rotatable bonds is 2. The number of benzene rings is 2. The van der Waals surface area contributed by atoms with Crippen molar-refractivity contribution in [2.24, 2.45) is 0 Å². The van der Waals surface area contributed by atoms with Crippen molar-refractivity contribution in [3.05, 3.63) is 52.0 Å². The van der Waals surface area contributed by atoms with E-state index in [-0.39, 0.29) is 5.69 Å². The number of nitrogen functional groups attached to an aromatic ring is 1. The third kappa shape index (κ3) is 3.45. The number of aryl methyl sites for hydroxylation is 1. The van der Waals surface area contributed by atoms with Gasteiger partial charge in [-0.1, -0.05) is 15.9 Å². The molecule has 0 amide bonds. The average Bonchev–Trinajstić information content (AvgIpc) is 2.29. The van der Waals surface area contributed by atoms with E-state index in [2.05, 4.69) is 21.2 Å². The molecule has 0 saturated carbocycles. The Morgan fingerprint density at radius 2 is 1.80 bits per heavy atom. The van der Waals surface area contributed by atoms with Crippen molar-refractivity contribution in [3.8, 4) is 0 Å². The topological polar surface area (TPSA) is 38.0 Å². The summed E-state index contributed by atoms with van der Waals surface area (Å²) < 4.78 is 38.5. The zero-order chi connectivity index (χ0) is 14.9. The van der Waals surface area contributed by atoms with Crippen LogP contribution >= 0.6 is 15.9 Å². The van der Waals surface area contributed by atoms with Crippen molar-refractivity contribution in [1.82, 2.24) is 0 Å². The lowest BCUT2D eigenvalue weighted by Crippen LogP contribution is -2.06. The predicted molar refractivity (Wildman–Crippen MR) is 78.0 cm³/mol. The maximum atomic E-state index is 12.6. The fourth-order valence-corrected chi connectivity index (χ4v) is 2.42. The van der Waals surface area contributed by atoms with Gasteiger partial charge in [0.05, 0.1) is 16.9 Å². The summed E-state index contributed by atoms with van der Waals surface area (Å²) in [6.45, 7) is 1.92. The highest BCUT2D eigenvalue weighted by Crippen LogP contribution is 2.34. The van der Waals surface area contributed by atoms with Gasteiger partial charge in [0.25, 0.3) is 0 Å². The number of alkyl halides is 3. The van der Waals surface area contributed by atoms with E-state index in [4.69, 9.17) is 5.73 Å². The van der Waals surface area contributed by atoms with Crippen LogP contribution in [0.3, 0.4) is 0 Å². The molecule has 0 radical (unpaired) electrons. The van der Waals surface area contributed by atoms with E-state index < -0.39 is 11.7 Å². The summed E-state index contributed by atoms with van der Waals surface area (Å²) in [4.78, 5) is 0. The molecule has 0 saturated heterocycles.